The third-order valence-electron chi connectivity index (χ3n) is 3.12. The van der Waals surface area contributed by atoms with Gasteiger partial charge in [-0.25, -0.2) is 0 Å². The fraction of sp³-hybridized carbons (Fsp3) is 1.00. The molecule has 0 amide bonds. The zero-order valence-electron chi connectivity index (χ0n) is 9.23. The molecule has 1 aliphatic carbocycles. The summed E-state index contributed by atoms with van der Waals surface area (Å²) < 4.78 is 6.09. The third-order valence-corrected chi connectivity index (χ3v) is 3.12. The summed E-state index contributed by atoms with van der Waals surface area (Å²) in [5, 5.41) is 3.20. The molecule has 0 aromatic heterocycles. The normalized spacial score (nSPS) is 22.4. The summed E-state index contributed by atoms with van der Waals surface area (Å²) in [4.78, 5) is 0. The van der Waals surface area contributed by atoms with Crippen molar-refractivity contribution in [1.82, 2.24) is 5.32 Å². The second kappa shape index (κ2) is 4.97. The Morgan fingerprint density at radius 3 is 2.54 bits per heavy atom. The molecule has 13 heavy (non-hydrogen) atoms. The van der Waals surface area contributed by atoms with Crippen LogP contribution in [0.25, 0.3) is 0 Å². The first-order valence-corrected chi connectivity index (χ1v) is 5.55. The van der Waals surface area contributed by atoms with Gasteiger partial charge in [0.05, 0.1) is 11.7 Å². The van der Waals surface area contributed by atoms with Crippen LogP contribution >= 0.6 is 0 Å². The van der Waals surface area contributed by atoms with Crippen LogP contribution in [0.4, 0.5) is 0 Å². The number of nitrogens with one attached hydrogen (secondary N) is 1. The molecule has 0 radical (unpaired) electrons. The first kappa shape index (κ1) is 11.0. The maximum atomic E-state index is 6.09. The van der Waals surface area contributed by atoms with Crippen LogP contribution in [0.3, 0.4) is 0 Å². The van der Waals surface area contributed by atoms with Gasteiger partial charge in [0.25, 0.3) is 0 Å². The summed E-state index contributed by atoms with van der Waals surface area (Å²) >= 11 is 0. The lowest BCUT2D eigenvalue weighted by Crippen LogP contribution is -2.44. The minimum atomic E-state index is 0.235. The molecule has 0 saturated heterocycles. The topological polar surface area (TPSA) is 21.3 Å². The Balaban J connectivity index is 2.31. The van der Waals surface area contributed by atoms with Crippen molar-refractivity contribution in [3.8, 4) is 0 Å². The van der Waals surface area contributed by atoms with Crippen molar-refractivity contribution in [2.24, 2.45) is 0 Å². The van der Waals surface area contributed by atoms with Crippen molar-refractivity contribution in [3.63, 3.8) is 0 Å². The van der Waals surface area contributed by atoms with Gasteiger partial charge in [0, 0.05) is 0 Å². The average molecular weight is 185 g/mol. The average Bonchev–Trinajstić information content (AvgIpc) is 2.09. The van der Waals surface area contributed by atoms with E-state index >= 15 is 0 Å². The number of ether oxygens (including phenoxy) is 1. The minimum absolute atomic E-state index is 0.235. The lowest BCUT2D eigenvalue weighted by atomic mass is 9.77. The molecule has 1 unspecified atom stereocenters. The highest BCUT2D eigenvalue weighted by Gasteiger charge is 2.38. The summed E-state index contributed by atoms with van der Waals surface area (Å²) in [6, 6.07) is 0. The Bertz CT molecular complexity index is 143. The van der Waals surface area contributed by atoms with Gasteiger partial charge in [-0.3, -0.25) is 0 Å². The predicted molar refractivity (Wildman–Crippen MR) is 56.0 cm³/mol. The van der Waals surface area contributed by atoms with Crippen LogP contribution in [-0.4, -0.2) is 25.3 Å². The van der Waals surface area contributed by atoms with E-state index in [2.05, 4.69) is 19.2 Å². The summed E-state index contributed by atoms with van der Waals surface area (Å²) in [7, 11) is 2.01. The highest BCUT2D eigenvalue weighted by atomic mass is 16.5. The summed E-state index contributed by atoms with van der Waals surface area (Å²) in [6.45, 7) is 5.45. The van der Waals surface area contributed by atoms with E-state index in [0.29, 0.717) is 6.10 Å². The lowest BCUT2D eigenvalue weighted by molar-refractivity contribution is -0.137. The maximum absolute atomic E-state index is 6.09. The largest absolute Gasteiger partial charge is 0.372 e. The van der Waals surface area contributed by atoms with Crippen molar-refractivity contribution >= 4 is 0 Å². The molecule has 0 aromatic carbocycles. The molecule has 0 aliphatic heterocycles. The van der Waals surface area contributed by atoms with Gasteiger partial charge in [-0.1, -0.05) is 6.92 Å². The molecule has 78 valence electrons. The van der Waals surface area contributed by atoms with Crippen LogP contribution in [0.1, 0.15) is 46.0 Å². The second-order valence-electron chi connectivity index (χ2n) is 4.23. The van der Waals surface area contributed by atoms with E-state index in [1.807, 2.05) is 7.05 Å². The van der Waals surface area contributed by atoms with Crippen molar-refractivity contribution in [2.75, 3.05) is 13.6 Å². The SMILES string of the molecule is CCC(C)OC1(CCNC)CCC1. The van der Waals surface area contributed by atoms with E-state index < -0.39 is 0 Å². The van der Waals surface area contributed by atoms with E-state index in [9.17, 15) is 0 Å². The molecule has 0 bridgehead atoms. The Morgan fingerprint density at radius 2 is 2.15 bits per heavy atom. The summed E-state index contributed by atoms with van der Waals surface area (Å²) in [5.74, 6) is 0. The molecule has 1 N–H and O–H groups in total. The Kier molecular flexibility index (Phi) is 4.20. The molecule has 0 heterocycles. The van der Waals surface area contributed by atoms with Crippen LogP contribution in [0.2, 0.25) is 0 Å². The van der Waals surface area contributed by atoms with Crippen molar-refractivity contribution < 1.29 is 4.74 Å². The Hall–Kier alpha value is -0.0800. The molecule has 2 nitrogen and oxygen atoms in total. The number of hydrogen-bond donors (Lipinski definition) is 1. The third kappa shape index (κ3) is 2.96. The van der Waals surface area contributed by atoms with Crippen LogP contribution in [0, 0.1) is 0 Å². The molecule has 1 saturated carbocycles. The molecule has 0 spiro atoms. The molecule has 1 rings (SSSR count). The van der Waals surface area contributed by atoms with E-state index in [1.54, 1.807) is 0 Å². The lowest BCUT2D eigenvalue weighted by Gasteiger charge is -2.43. The molecule has 0 aromatic rings. The van der Waals surface area contributed by atoms with Gasteiger partial charge in [0.15, 0.2) is 0 Å². The molecule has 2 heteroatoms. The van der Waals surface area contributed by atoms with Gasteiger partial charge < -0.3 is 10.1 Å². The first-order chi connectivity index (χ1) is 6.22. The van der Waals surface area contributed by atoms with E-state index in [1.165, 1.54) is 25.7 Å². The Labute approximate surface area is 82.0 Å². The first-order valence-electron chi connectivity index (χ1n) is 5.55. The van der Waals surface area contributed by atoms with Gasteiger partial charge in [-0.2, -0.15) is 0 Å². The van der Waals surface area contributed by atoms with Gasteiger partial charge in [0.2, 0.25) is 0 Å². The van der Waals surface area contributed by atoms with Crippen LogP contribution in [0.15, 0.2) is 0 Å². The van der Waals surface area contributed by atoms with Gasteiger partial charge in [-0.15, -0.1) is 0 Å². The molecule has 1 fully saturated rings. The highest BCUT2D eigenvalue weighted by molar-refractivity contribution is 4.90. The molecule has 1 aliphatic rings. The molecular weight excluding hydrogens is 162 g/mol. The predicted octanol–water partition coefficient (Wildman–Crippen LogP) is 2.33. The van der Waals surface area contributed by atoms with E-state index in [-0.39, 0.29) is 5.60 Å². The fourth-order valence-corrected chi connectivity index (χ4v) is 1.86. The Morgan fingerprint density at radius 1 is 1.46 bits per heavy atom. The quantitative estimate of drug-likeness (QED) is 0.686. The van der Waals surface area contributed by atoms with Gasteiger partial charge in [-0.05, 0) is 52.6 Å². The minimum Gasteiger partial charge on any atom is -0.372 e. The molecule has 1 atom stereocenters. The van der Waals surface area contributed by atoms with Crippen molar-refractivity contribution in [2.45, 2.75) is 57.7 Å². The number of rotatable bonds is 6. The van der Waals surface area contributed by atoms with Crippen LogP contribution in [0.5, 0.6) is 0 Å². The smallest absolute Gasteiger partial charge is 0.0698 e. The van der Waals surface area contributed by atoms with Crippen LogP contribution in [-0.2, 0) is 4.74 Å². The standard InChI is InChI=1S/C11H23NO/c1-4-10(2)13-11(6-5-7-11)8-9-12-3/h10,12H,4-9H2,1-3H3. The summed E-state index contributed by atoms with van der Waals surface area (Å²) in [6.07, 6.45) is 6.60. The fourth-order valence-electron chi connectivity index (χ4n) is 1.86. The highest BCUT2D eigenvalue weighted by Crippen LogP contribution is 2.39. The zero-order chi connectivity index (χ0) is 9.73. The van der Waals surface area contributed by atoms with Crippen LogP contribution < -0.4 is 5.32 Å². The van der Waals surface area contributed by atoms with E-state index in [4.69, 9.17) is 4.74 Å². The maximum Gasteiger partial charge on any atom is 0.0698 e. The van der Waals surface area contributed by atoms with Gasteiger partial charge in [0.1, 0.15) is 0 Å². The molecular formula is C11H23NO. The zero-order valence-corrected chi connectivity index (χ0v) is 9.23. The van der Waals surface area contributed by atoms with E-state index in [0.717, 1.165) is 13.0 Å². The summed E-state index contributed by atoms with van der Waals surface area (Å²) in [5.41, 5.74) is 0.235. The number of hydrogen-bond acceptors (Lipinski definition) is 2. The van der Waals surface area contributed by atoms with Crippen molar-refractivity contribution in [3.05, 3.63) is 0 Å². The second-order valence-corrected chi connectivity index (χ2v) is 4.23. The van der Waals surface area contributed by atoms with Gasteiger partial charge >= 0.3 is 0 Å². The monoisotopic (exact) mass is 185 g/mol. The van der Waals surface area contributed by atoms with Crippen molar-refractivity contribution in [1.29, 1.82) is 0 Å².